The van der Waals surface area contributed by atoms with E-state index in [1.807, 2.05) is 55.5 Å². The Hall–Kier alpha value is -3.13. The fourth-order valence-corrected chi connectivity index (χ4v) is 2.33. The molecule has 0 atom stereocenters. The largest absolute Gasteiger partial charge is 0.351 e. The number of amides is 2. The summed E-state index contributed by atoms with van der Waals surface area (Å²) in [7, 11) is 0. The zero-order valence-corrected chi connectivity index (χ0v) is 14.2. The van der Waals surface area contributed by atoms with Crippen LogP contribution in [0.1, 0.15) is 29.5 Å². The summed E-state index contributed by atoms with van der Waals surface area (Å²) in [6.07, 6.45) is 0.942. The number of anilines is 1. The predicted molar refractivity (Wildman–Crippen MR) is 96.6 cm³/mol. The highest BCUT2D eigenvalue weighted by molar-refractivity contribution is 5.90. The van der Waals surface area contributed by atoms with Crippen molar-refractivity contribution in [3.05, 3.63) is 65.2 Å². The molecule has 0 saturated heterocycles. The van der Waals surface area contributed by atoms with Crippen LogP contribution in [-0.4, -0.2) is 11.8 Å². The van der Waals surface area contributed by atoms with Gasteiger partial charge >= 0.3 is 0 Å². The molecule has 0 unspecified atom stereocenters. The summed E-state index contributed by atoms with van der Waals surface area (Å²) >= 11 is 0. The monoisotopic (exact) mass is 335 g/mol. The molecule has 0 aliphatic carbocycles. The van der Waals surface area contributed by atoms with Crippen LogP contribution in [0.4, 0.5) is 5.69 Å². The van der Waals surface area contributed by atoms with Gasteiger partial charge in [-0.3, -0.25) is 9.59 Å². The average Bonchev–Trinajstić information content (AvgIpc) is 2.60. The first-order valence-corrected chi connectivity index (χ1v) is 8.15. The second-order valence-electron chi connectivity index (χ2n) is 5.85. The van der Waals surface area contributed by atoms with Crippen LogP contribution in [0.25, 0.3) is 0 Å². The minimum absolute atomic E-state index is 0.0498. The van der Waals surface area contributed by atoms with Crippen molar-refractivity contribution in [3.8, 4) is 6.07 Å². The van der Waals surface area contributed by atoms with E-state index in [0.717, 1.165) is 11.1 Å². The smallest absolute Gasteiger partial charge is 0.234 e. The number of nitrogens with zero attached hydrogens (tertiary/aromatic N) is 1. The highest BCUT2D eigenvalue weighted by Crippen LogP contribution is 2.12. The summed E-state index contributed by atoms with van der Waals surface area (Å²) in [6.45, 7) is 2.36. The Bertz CT molecular complexity index is 776. The van der Waals surface area contributed by atoms with Gasteiger partial charge in [0.15, 0.2) is 0 Å². The van der Waals surface area contributed by atoms with Gasteiger partial charge in [-0.1, -0.05) is 42.0 Å². The Morgan fingerprint density at radius 2 is 1.80 bits per heavy atom. The Balaban J connectivity index is 1.84. The van der Waals surface area contributed by atoms with Gasteiger partial charge in [-0.05, 0) is 36.6 Å². The van der Waals surface area contributed by atoms with E-state index >= 15 is 0 Å². The lowest BCUT2D eigenvalue weighted by Gasteiger charge is -2.08. The van der Waals surface area contributed by atoms with Gasteiger partial charge in [-0.25, -0.2) is 0 Å². The second-order valence-corrected chi connectivity index (χ2v) is 5.85. The number of aryl methyl sites for hydroxylation is 2. The van der Waals surface area contributed by atoms with Gasteiger partial charge in [0.2, 0.25) is 11.8 Å². The van der Waals surface area contributed by atoms with E-state index in [0.29, 0.717) is 25.1 Å². The van der Waals surface area contributed by atoms with Crippen LogP contribution in [0.3, 0.4) is 0 Å². The summed E-state index contributed by atoms with van der Waals surface area (Å²) in [5.74, 6) is -0.360. The molecule has 0 bridgehead atoms. The first kappa shape index (κ1) is 18.2. The summed E-state index contributed by atoms with van der Waals surface area (Å²) in [5, 5.41) is 14.0. The molecule has 0 aromatic heterocycles. The second kappa shape index (κ2) is 9.24. The standard InChI is InChI=1S/C20H21N3O2/c1-15-5-7-16(8-6-15)9-10-20(25)23-18-4-2-3-17(13-18)14-22-19(24)11-12-21/h2-8,13H,9-11,14H2,1H3,(H,22,24)(H,23,25). The molecule has 2 aromatic carbocycles. The van der Waals surface area contributed by atoms with Crippen LogP contribution < -0.4 is 10.6 Å². The van der Waals surface area contributed by atoms with Crippen molar-refractivity contribution in [2.24, 2.45) is 0 Å². The lowest BCUT2D eigenvalue weighted by atomic mass is 10.1. The predicted octanol–water partition coefficient (Wildman–Crippen LogP) is 3.10. The van der Waals surface area contributed by atoms with E-state index in [-0.39, 0.29) is 18.2 Å². The summed E-state index contributed by atoms with van der Waals surface area (Å²) in [6, 6.07) is 17.3. The Kier molecular flexibility index (Phi) is 6.73. The lowest BCUT2D eigenvalue weighted by molar-refractivity contribution is -0.120. The number of carbonyl (C=O) groups is 2. The van der Waals surface area contributed by atoms with Crippen molar-refractivity contribution in [2.75, 3.05) is 5.32 Å². The van der Waals surface area contributed by atoms with Gasteiger partial charge in [0, 0.05) is 18.7 Å². The fourth-order valence-electron chi connectivity index (χ4n) is 2.33. The molecule has 25 heavy (non-hydrogen) atoms. The summed E-state index contributed by atoms with van der Waals surface area (Å²) < 4.78 is 0. The SMILES string of the molecule is Cc1ccc(CCC(=O)Nc2cccc(CNC(=O)CC#N)c2)cc1. The molecule has 2 rings (SSSR count). The fraction of sp³-hybridized carbons (Fsp3) is 0.250. The number of nitriles is 1. The molecule has 0 spiro atoms. The van der Waals surface area contributed by atoms with E-state index < -0.39 is 0 Å². The van der Waals surface area contributed by atoms with Crippen LogP contribution >= 0.6 is 0 Å². The quantitative estimate of drug-likeness (QED) is 0.816. The molecule has 0 aliphatic rings. The van der Waals surface area contributed by atoms with E-state index in [1.54, 1.807) is 6.07 Å². The van der Waals surface area contributed by atoms with Crippen molar-refractivity contribution in [1.29, 1.82) is 5.26 Å². The molecule has 5 heteroatoms. The van der Waals surface area contributed by atoms with Gasteiger partial charge in [-0.2, -0.15) is 5.26 Å². The summed E-state index contributed by atoms with van der Waals surface area (Å²) in [4.78, 5) is 23.4. The Morgan fingerprint density at radius 3 is 2.52 bits per heavy atom. The molecular formula is C20H21N3O2. The van der Waals surface area contributed by atoms with E-state index in [4.69, 9.17) is 5.26 Å². The highest BCUT2D eigenvalue weighted by atomic mass is 16.2. The van der Waals surface area contributed by atoms with Crippen LogP contribution in [0.5, 0.6) is 0 Å². The zero-order valence-electron chi connectivity index (χ0n) is 14.2. The normalized spacial score (nSPS) is 9.92. The number of hydrogen-bond donors (Lipinski definition) is 2. The highest BCUT2D eigenvalue weighted by Gasteiger charge is 2.05. The van der Waals surface area contributed by atoms with E-state index in [9.17, 15) is 9.59 Å². The number of carbonyl (C=O) groups excluding carboxylic acids is 2. The topological polar surface area (TPSA) is 82.0 Å². The molecule has 2 aromatic rings. The number of nitrogens with one attached hydrogen (secondary N) is 2. The number of benzene rings is 2. The molecule has 0 saturated carbocycles. The average molecular weight is 335 g/mol. The minimum atomic E-state index is -0.310. The number of hydrogen-bond acceptors (Lipinski definition) is 3. The molecule has 2 amide bonds. The third-order valence-corrected chi connectivity index (χ3v) is 3.70. The van der Waals surface area contributed by atoms with Crippen molar-refractivity contribution >= 4 is 17.5 Å². The zero-order chi connectivity index (χ0) is 18.1. The summed E-state index contributed by atoms with van der Waals surface area (Å²) in [5.41, 5.74) is 3.89. The van der Waals surface area contributed by atoms with Crippen LogP contribution in [0, 0.1) is 18.3 Å². The third-order valence-electron chi connectivity index (χ3n) is 3.70. The molecular weight excluding hydrogens is 314 g/mol. The van der Waals surface area contributed by atoms with Gasteiger partial charge < -0.3 is 10.6 Å². The molecule has 0 heterocycles. The van der Waals surface area contributed by atoms with Gasteiger partial charge in [0.1, 0.15) is 6.42 Å². The third kappa shape index (κ3) is 6.48. The molecule has 2 N–H and O–H groups in total. The van der Waals surface area contributed by atoms with Crippen LogP contribution in [-0.2, 0) is 22.6 Å². The van der Waals surface area contributed by atoms with Crippen molar-refractivity contribution in [1.82, 2.24) is 5.32 Å². The van der Waals surface area contributed by atoms with E-state index in [1.165, 1.54) is 5.56 Å². The van der Waals surface area contributed by atoms with E-state index in [2.05, 4.69) is 10.6 Å². The van der Waals surface area contributed by atoms with Crippen molar-refractivity contribution in [2.45, 2.75) is 32.7 Å². The molecule has 0 aliphatic heterocycles. The van der Waals surface area contributed by atoms with Gasteiger partial charge in [0.05, 0.1) is 6.07 Å². The van der Waals surface area contributed by atoms with Crippen molar-refractivity contribution in [3.63, 3.8) is 0 Å². The maximum atomic E-state index is 12.1. The number of rotatable bonds is 7. The van der Waals surface area contributed by atoms with Gasteiger partial charge in [-0.15, -0.1) is 0 Å². The molecule has 0 radical (unpaired) electrons. The molecule has 0 fully saturated rings. The first-order chi connectivity index (χ1) is 12.1. The lowest BCUT2D eigenvalue weighted by Crippen LogP contribution is -2.22. The van der Waals surface area contributed by atoms with Crippen LogP contribution in [0.2, 0.25) is 0 Å². The van der Waals surface area contributed by atoms with Crippen molar-refractivity contribution < 1.29 is 9.59 Å². The molecule has 5 nitrogen and oxygen atoms in total. The Morgan fingerprint density at radius 1 is 1.04 bits per heavy atom. The Labute approximate surface area is 147 Å². The van der Waals surface area contributed by atoms with Gasteiger partial charge in [0.25, 0.3) is 0 Å². The van der Waals surface area contributed by atoms with Crippen LogP contribution in [0.15, 0.2) is 48.5 Å². The minimum Gasteiger partial charge on any atom is -0.351 e. The maximum Gasteiger partial charge on any atom is 0.234 e. The molecule has 128 valence electrons. The maximum absolute atomic E-state index is 12.1. The first-order valence-electron chi connectivity index (χ1n) is 8.15.